The van der Waals surface area contributed by atoms with Crippen molar-refractivity contribution >= 4 is 29.1 Å². The predicted molar refractivity (Wildman–Crippen MR) is 127 cm³/mol. The zero-order valence-electron chi connectivity index (χ0n) is 16.8. The highest BCUT2D eigenvalue weighted by atomic mass is 31.2. The zero-order chi connectivity index (χ0) is 21.0. The van der Waals surface area contributed by atoms with E-state index >= 15 is 0 Å². The summed E-state index contributed by atoms with van der Waals surface area (Å²) in [5.74, 6) is -0.899. The maximum Gasteiger partial charge on any atom is 0.335 e. The summed E-state index contributed by atoms with van der Waals surface area (Å²) in [6.07, 6.45) is 0. The lowest BCUT2D eigenvalue weighted by atomic mass is 10.1. The first-order valence-corrected chi connectivity index (χ1v) is 11.9. The van der Waals surface area contributed by atoms with Crippen LogP contribution in [0.15, 0.2) is 115 Å². The van der Waals surface area contributed by atoms with Gasteiger partial charge in [0.15, 0.2) is 0 Å². The molecular weight excluding hydrogens is 387 g/mol. The zero-order valence-corrected chi connectivity index (χ0v) is 17.7. The quantitative estimate of drug-likeness (QED) is 0.429. The molecule has 4 rings (SSSR count). The fourth-order valence-corrected chi connectivity index (χ4v) is 9.02. The topological polar surface area (TPSA) is 37.3 Å². The normalized spacial score (nSPS) is 12.3. The van der Waals surface area contributed by atoms with Crippen molar-refractivity contribution < 1.29 is 9.90 Å². The Labute approximate surface area is 178 Å². The van der Waals surface area contributed by atoms with Crippen LogP contribution in [0.5, 0.6) is 0 Å². The highest BCUT2D eigenvalue weighted by Gasteiger charge is 2.50. The Balaban J connectivity index is 2.00. The average molecular weight is 411 g/mol. The summed E-state index contributed by atoms with van der Waals surface area (Å²) in [7, 11) is -2.05. The number of hydrogen-bond acceptors (Lipinski definition) is 1. The van der Waals surface area contributed by atoms with Crippen molar-refractivity contribution in [2.24, 2.45) is 0 Å². The van der Waals surface area contributed by atoms with E-state index in [-0.39, 0.29) is 5.66 Å². The molecule has 0 spiro atoms. The average Bonchev–Trinajstić information content (AvgIpc) is 2.82. The molecule has 0 saturated heterocycles. The van der Waals surface area contributed by atoms with Gasteiger partial charge in [-0.1, -0.05) is 66.7 Å². The summed E-state index contributed by atoms with van der Waals surface area (Å²) in [4.78, 5) is 11.4. The van der Waals surface area contributed by atoms with Crippen molar-refractivity contribution in [1.29, 1.82) is 0 Å². The van der Waals surface area contributed by atoms with Crippen molar-refractivity contribution in [3.8, 4) is 0 Å². The van der Waals surface area contributed by atoms with Gasteiger partial charge in [-0.05, 0) is 61.0 Å². The molecule has 148 valence electrons. The Morgan fingerprint density at radius 2 is 1.00 bits per heavy atom. The van der Waals surface area contributed by atoms with Crippen LogP contribution in [0.3, 0.4) is 0 Å². The van der Waals surface area contributed by atoms with Crippen LogP contribution in [0.2, 0.25) is 0 Å². The van der Waals surface area contributed by atoms with Crippen molar-refractivity contribution in [2.75, 3.05) is 0 Å². The van der Waals surface area contributed by atoms with Gasteiger partial charge < -0.3 is 5.11 Å². The van der Waals surface area contributed by atoms with Crippen molar-refractivity contribution in [3.05, 3.63) is 126 Å². The first-order valence-electron chi connectivity index (χ1n) is 10.0. The molecule has 3 heteroatoms. The molecule has 0 bridgehead atoms. The molecule has 0 amide bonds. The number of aromatic carboxylic acids is 1. The van der Waals surface area contributed by atoms with Gasteiger partial charge in [-0.3, -0.25) is 0 Å². The second-order valence-electron chi connectivity index (χ2n) is 7.33. The molecule has 0 saturated carbocycles. The van der Waals surface area contributed by atoms with Crippen LogP contribution in [-0.2, 0) is 0 Å². The molecule has 0 radical (unpaired) electrons. The molecule has 0 heterocycles. The van der Waals surface area contributed by atoms with E-state index in [1.54, 1.807) is 12.1 Å². The van der Waals surface area contributed by atoms with Crippen LogP contribution in [0.4, 0.5) is 0 Å². The number of benzene rings is 4. The Kier molecular flexibility index (Phi) is 5.79. The lowest BCUT2D eigenvalue weighted by molar-refractivity contribution is 0.0697. The van der Waals surface area contributed by atoms with Crippen LogP contribution in [0, 0.1) is 0 Å². The van der Waals surface area contributed by atoms with Gasteiger partial charge in [0.05, 0.1) is 5.56 Å². The van der Waals surface area contributed by atoms with Crippen LogP contribution in [-0.4, -0.2) is 11.1 Å². The summed E-state index contributed by atoms with van der Waals surface area (Å²) in [5.41, 5.74) is 1.63. The smallest absolute Gasteiger partial charge is 0.335 e. The highest BCUT2D eigenvalue weighted by molar-refractivity contribution is 7.95. The fraction of sp³-hybridized carbons (Fsp3) is 0.0741. The molecule has 0 aliphatic heterocycles. The molecule has 0 fully saturated rings. The first-order chi connectivity index (χ1) is 14.6. The molecule has 4 aromatic carbocycles. The second kappa shape index (κ2) is 8.65. The molecule has 2 nitrogen and oxygen atoms in total. The van der Waals surface area contributed by atoms with Crippen LogP contribution in [0.25, 0.3) is 0 Å². The van der Waals surface area contributed by atoms with Gasteiger partial charge in [-0.25, -0.2) is 4.79 Å². The Morgan fingerprint density at radius 1 is 0.633 bits per heavy atom. The summed E-state index contributed by atoms with van der Waals surface area (Å²) >= 11 is 0. The van der Waals surface area contributed by atoms with Crippen molar-refractivity contribution in [3.63, 3.8) is 0 Å². The maximum absolute atomic E-state index is 11.4. The molecule has 1 atom stereocenters. The Hall–Kier alpha value is -3.22. The summed E-state index contributed by atoms with van der Waals surface area (Å²) < 4.78 is 0. The summed E-state index contributed by atoms with van der Waals surface area (Å²) in [5, 5.41) is 13.3. The number of carbonyl (C=O) groups is 1. The van der Waals surface area contributed by atoms with Crippen LogP contribution < -0.4 is 15.9 Å². The lowest BCUT2D eigenvalue weighted by Gasteiger charge is -2.33. The third-order valence-electron chi connectivity index (χ3n) is 5.71. The van der Waals surface area contributed by atoms with Gasteiger partial charge in [0.1, 0.15) is 28.8 Å². The van der Waals surface area contributed by atoms with Gasteiger partial charge in [0, 0.05) is 0 Å². The van der Waals surface area contributed by atoms with Gasteiger partial charge in [0.25, 0.3) is 0 Å². The predicted octanol–water partition coefficient (Wildman–Crippen LogP) is 5.44. The molecule has 0 aromatic heterocycles. The number of carboxylic acid groups (broad SMARTS) is 1. The number of carboxylic acids is 1. The van der Waals surface area contributed by atoms with Crippen molar-refractivity contribution in [2.45, 2.75) is 12.6 Å². The second-order valence-corrected chi connectivity index (χ2v) is 11.1. The SMILES string of the molecule is CC(c1ccc(C(=O)O)cc1)[P+](c1ccccc1)(c1ccccc1)c1ccccc1. The van der Waals surface area contributed by atoms with Gasteiger partial charge in [-0.2, -0.15) is 0 Å². The maximum atomic E-state index is 11.4. The minimum absolute atomic E-state index is 0.174. The van der Waals surface area contributed by atoms with E-state index in [0.29, 0.717) is 5.56 Å². The largest absolute Gasteiger partial charge is 0.478 e. The molecule has 30 heavy (non-hydrogen) atoms. The van der Waals surface area contributed by atoms with Crippen LogP contribution >= 0.6 is 7.26 Å². The lowest BCUT2D eigenvalue weighted by Crippen LogP contribution is -2.34. The third kappa shape index (κ3) is 3.56. The van der Waals surface area contributed by atoms with E-state index in [9.17, 15) is 9.90 Å². The van der Waals surface area contributed by atoms with Crippen LogP contribution in [0.1, 0.15) is 28.5 Å². The molecule has 0 aliphatic carbocycles. The van der Waals surface area contributed by atoms with E-state index in [1.807, 2.05) is 12.1 Å². The van der Waals surface area contributed by atoms with Gasteiger partial charge in [0.2, 0.25) is 0 Å². The third-order valence-corrected chi connectivity index (χ3v) is 10.5. The number of hydrogen-bond donors (Lipinski definition) is 1. The summed E-state index contributed by atoms with van der Waals surface area (Å²) in [6, 6.07) is 39.6. The van der Waals surface area contributed by atoms with E-state index in [0.717, 1.165) is 5.56 Å². The molecule has 4 aromatic rings. The fourth-order valence-electron chi connectivity index (χ4n) is 4.24. The highest BCUT2D eigenvalue weighted by Crippen LogP contribution is 2.66. The van der Waals surface area contributed by atoms with E-state index in [4.69, 9.17) is 0 Å². The first kappa shape index (κ1) is 20.1. The number of rotatable bonds is 6. The minimum Gasteiger partial charge on any atom is -0.478 e. The monoisotopic (exact) mass is 411 g/mol. The molecule has 1 N–H and O–H groups in total. The van der Waals surface area contributed by atoms with Gasteiger partial charge >= 0.3 is 5.97 Å². The summed E-state index contributed by atoms with van der Waals surface area (Å²) in [6.45, 7) is 2.27. The van der Waals surface area contributed by atoms with E-state index in [2.05, 4.69) is 97.9 Å². The van der Waals surface area contributed by atoms with E-state index in [1.165, 1.54) is 15.9 Å². The van der Waals surface area contributed by atoms with Crippen molar-refractivity contribution in [1.82, 2.24) is 0 Å². The standard InChI is InChI=1S/C27H23O2P/c1-21(22-17-19-23(20-18-22)27(28)29)30(24-11-5-2-6-12-24,25-13-7-3-8-14-25)26-15-9-4-10-16-26/h2-21H,1H3/p+1. The molecule has 1 unspecified atom stereocenters. The van der Waals surface area contributed by atoms with Gasteiger partial charge in [-0.15, -0.1) is 0 Å². The van der Waals surface area contributed by atoms with E-state index < -0.39 is 13.2 Å². The molecule has 0 aliphatic rings. The Morgan fingerprint density at radius 3 is 1.33 bits per heavy atom. The molecular formula is C27H24O2P+. The minimum atomic E-state index is -2.05. The Bertz CT molecular complexity index is 1010.